The maximum absolute atomic E-state index is 10.2. The molecule has 0 aromatic carbocycles. The summed E-state index contributed by atoms with van der Waals surface area (Å²) in [6, 6.07) is 0. The highest BCUT2D eigenvalue weighted by molar-refractivity contribution is 5.66. The predicted molar refractivity (Wildman–Crippen MR) is 75.0 cm³/mol. The lowest BCUT2D eigenvalue weighted by atomic mass is 9.84. The summed E-state index contributed by atoms with van der Waals surface area (Å²) in [7, 11) is 0. The van der Waals surface area contributed by atoms with E-state index in [1.807, 2.05) is 20.8 Å². The SMILES string of the molecule is CC(=O)OC(C)(C)C.CCC(C)CC(C)(C)C. The lowest BCUT2D eigenvalue weighted by molar-refractivity contribution is -0.151. The van der Waals surface area contributed by atoms with Crippen LogP contribution in [0.1, 0.15) is 75.2 Å². The summed E-state index contributed by atoms with van der Waals surface area (Å²) in [5.74, 6) is 0.669. The van der Waals surface area contributed by atoms with E-state index in [-0.39, 0.29) is 11.6 Å². The van der Waals surface area contributed by atoms with Gasteiger partial charge in [-0.25, -0.2) is 0 Å². The smallest absolute Gasteiger partial charge is 0.303 e. The topological polar surface area (TPSA) is 26.3 Å². The number of rotatable bonds is 2. The summed E-state index contributed by atoms with van der Waals surface area (Å²) < 4.78 is 4.80. The molecule has 0 aliphatic heterocycles. The van der Waals surface area contributed by atoms with Gasteiger partial charge in [0.2, 0.25) is 0 Å². The van der Waals surface area contributed by atoms with Crippen molar-refractivity contribution in [2.75, 3.05) is 0 Å². The molecule has 0 aliphatic carbocycles. The fraction of sp³-hybridized carbons (Fsp3) is 0.933. The van der Waals surface area contributed by atoms with Crippen LogP contribution in [-0.2, 0) is 9.53 Å². The summed E-state index contributed by atoms with van der Waals surface area (Å²) in [5, 5.41) is 0. The van der Waals surface area contributed by atoms with Gasteiger partial charge >= 0.3 is 5.97 Å². The zero-order valence-corrected chi connectivity index (χ0v) is 13.3. The monoisotopic (exact) mass is 244 g/mol. The van der Waals surface area contributed by atoms with Crippen LogP contribution in [0.15, 0.2) is 0 Å². The molecule has 0 aliphatic rings. The molecule has 0 bridgehead atoms. The van der Waals surface area contributed by atoms with E-state index < -0.39 is 0 Å². The fourth-order valence-electron chi connectivity index (χ4n) is 1.62. The van der Waals surface area contributed by atoms with Crippen molar-refractivity contribution >= 4 is 5.97 Å². The van der Waals surface area contributed by atoms with Crippen molar-refractivity contribution in [3.63, 3.8) is 0 Å². The first-order chi connectivity index (χ1) is 7.37. The molecule has 0 saturated carbocycles. The minimum Gasteiger partial charge on any atom is -0.460 e. The van der Waals surface area contributed by atoms with E-state index in [2.05, 4.69) is 34.6 Å². The Kier molecular flexibility index (Phi) is 8.56. The van der Waals surface area contributed by atoms with Gasteiger partial charge in [-0.2, -0.15) is 0 Å². The van der Waals surface area contributed by atoms with Crippen molar-refractivity contribution in [2.24, 2.45) is 11.3 Å². The van der Waals surface area contributed by atoms with E-state index in [1.165, 1.54) is 19.8 Å². The average molecular weight is 244 g/mol. The highest BCUT2D eigenvalue weighted by Gasteiger charge is 2.13. The van der Waals surface area contributed by atoms with E-state index in [4.69, 9.17) is 4.74 Å². The van der Waals surface area contributed by atoms with Crippen LogP contribution < -0.4 is 0 Å². The van der Waals surface area contributed by atoms with Crippen LogP contribution in [0.4, 0.5) is 0 Å². The average Bonchev–Trinajstić information content (AvgIpc) is 1.96. The van der Waals surface area contributed by atoms with Crippen LogP contribution >= 0.6 is 0 Å². The number of hydrogen-bond acceptors (Lipinski definition) is 2. The van der Waals surface area contributed by atoms with Gasteiger partial charge in [0, 0.05) is 6.92 Å². The van der Waals surface area contributed by atoms with Crippen LogP contribution in [0, 0.1) is 11.3 Å². The zero-order chi connectivity index (χ0) is 14.3. The van der Waals surface area contributed by atoms with Gasteiger partial charge in [-0.15, -0.1) is 0 Å². The first kappa shape index (κ1) is 18.8. The van der Waals surface area contributed by atoms with E-state index in [1.54, 1.807) is 0 Å². The summed E-state index contributed by atoms with van der Waals surface area (Å²) in [5.41, 5.74) is 0.196. The highest BCUT2D eigenvalue weighted by atomic mass is 16.6. The van der Waals surface area contributed by atoms with Gasteiger partial charge in [0.25, 0.3) is 0 Å². The molecule has 2 nitrogen and oxygen atoms in total. The van der Waals surface area contributed by atoms with Crippen molar-refractivity contribution in [2.45, 2.75) is 80.8 Å². The van der Waals surface area contributed by atoms with Crippen LogP contribution in [0.3, 0.4) is 0 Å². The Morgan fingerprint density at radius 2 is 1.53 bits per heavy atom. The molecule has 0 spiro atoms. The maximum Gasteiger partial charge on any atom is 0.303 e. The fourth-order valence-corrected chi connectivity index (χ4v) is 1.62. The standard InChI is InChI=1S/C9H20.C6H12O2/c1-6-8(2)7-9(3,4)5;1-5(7)8-6(2,3)4/h8H,6-7H2,1-5H3;1-4H3. The van der Waals surface area contributed by atoms with Crippen molar-refractivity contribution in [1.82, 2.24) is 0 Å². The van der Waals surface area contributed by atoms with Gasteiger partial charge in [0.15, 0.2) is 0 Å². The van der Waals surface area contributed by atoms with Gasteiger partial charge < -0.3 is 4.74 Å². The van der Waals surface area contributed by atoms with Crippen LogP contribution in [0.25, 0.3) is 0 Å². The Hall–Kier alpha value is -0.530. The number of ether oxygens (including phenoxy) is 1. The van der Waals surface area contributed by atoms with Crippen LogP contribution in [0.5, 0.6) is 0 Å². The van der Waals surface area contributed by atoms with Crippen LogP contribution in [0.2, 0.25) is 0 Å². The molecule has 17 heavy (non-hydrogen) atoms. The van der Waals surface area contributed by atoms with Crippen molar-refractivity contribution < 1.29 is 9.53 Å². The quantitative estimate of drug-likeness (QED) is 0.651. The van der Waals surface area contributed by atoms with E-state index in [0.717, 1.165) is 5.92 Å². The molecule has 1 atom stereocenters. The van der Waals surface area contributed by atoms with Crippen molar-refractivity contribution in [1.29, 1.82) is 0 Å². The second-order valence-corrected chi connectivity index (χ2v) is 6.98. The lowest BCUT2D eigenvalue weighted by Crippen LogP contribution is -2.21. The third kappa shape index (κ3) is 21.3. The molecule has 0 fully saturated rings. The van der Waals surface area contributed by atoms with Gasteiger partial charge in [-0.1, -0.05) is 41.0 Å². The number of esters is 1. The summed E-state index contributed by atoms with van der Waals surface area (Å²) >= 11 is 0. The minimum absolute atomic E-state index is 0.225. The molecule has 0 heterocycles. The molecular weight excluding hydrogens is 212 g/mol. The molecular formula is C15H32O2. The summed E-state index contributed by atoms with van der Waals surface area (Å²) in [6.07, 6.45) is 2.67. The lowest BCUT2D eigenvalue weighted by Gasteiger charge is -2.21. The van der Waals surface area contributed by atoms with Gasteiger partial charge in [0.1, 0.15) is 5.60 Å². The summed E-state index contributed by atoms with van der Waals surface area (Å²) in [6.45, 7) is 18.4. The normalized spacial score (nSPS) is 13.5. The Bertz CT molecular complexity index is 206. The molecule has 0 N–H and O–H groups in total. The second kappa shape index (κ2) is 7.73. The molecule has 2 heteroatoms. The van der Waals surface area contributed by atoms with E-state index in [9.17, 15) is 4.79 Å². The molecule has 1 unspecified atom stereocenters. The molecule has 0 aromatic rings. The van der Waals surface area contributed by atoms with Gasteiger partial charge in [-0.3, -0.25) is 4.79 Å². The first-order valence-corrected chi connectivity index (χ1v) is 6.57. The highest BCUT2D eigenvalue weighted by Crippen LogP contribution is 2.25. The number of carbonyl (C=O) groups is 1. The van der Waals surface area contributed by atoms with Crippen molar-refractivity contribution in [3.05, 3.63) is 0 Å². The Balaban J connectivity index is 0. The van der Waals surface area contributed by atoms with E-state index in [0.29, 0.717) is 5.41 Å². The Morgan fingerprint density at radius 1 is 1.12 bits per heavy atom. The van der Waals surface area contributed by atoms with Gasteiger partial charge in [-0.05, 0) is 38.5 Å². The largest absolute Gasteiger partial charge is 0.460 e. The zero-order valence-electron chi connectivity index (χ0n) is 13.3. The maximum atomic E-state index is 10.2. The van der Waals surface area contributed by atoms with Crippen molar-refractivity contribution in [3.8, 4) is 0 Å². The molecule has 104 valence electrons. The molecule has 0 aromatic heterocycles. The third-order valence-corrected chi connectivity index (χ3v) is 2.11. The molecule has 0 amide bonds. The summed E-state index contributed by atoms with van der Waals surface area (Å²) in [4.78, 5) is 10.2. The van der Waals surface area contributed by atoms with Crippen LogP contribution in [-0.4, -0.2) is 11.6 Å². The predicted octanol–water partition coefficient (Wildman–Crippen LogP) is 4.82. The minimum atomic E-state index is -0.328. The first-order valence-electron chi connectivity index (χ1n) is 6.57. The number of carbonyl (C=O) groups excluding carboxylic acids is 1. The Labute approximate surface area is 108 Å². The Morgan fingerprint density at radius 3 is 1.59 bits per heavy atom. The number of hydrogen-bond donors (Lipinski definition) is 0. The van der Waals surface area contributed by atoms with Gasteiger partial charge in [0.05, 0.1) is 0 Å². The van der Waals surface area contributed by atoms with E-state index >= 15 is 0 Å². The second-order valence-electron chi connectivity index (χ2n) is 6.98. The third-order valence-electron chi connectivity index (χ3n) is 2.11. The molecule has 0 saturated heterocycles. The molecule has 0 rings (SSSR count). The molecule has 0 radical (unpaired) electrons.